The van der Waals surface area contributed by atoms with Crippen LogP contribution in [0.4, 0.5) is 5.69 Å². The number of nitrogens with zero attached hydrogens (tertiary/aromatic N) is 3. The number of aromatic nitrogens is 3. The van der Waals surface area contributed by atoms with Gasteiger partial charge in [-0.05, 0) is 18.2 Å². The van der Waals surface area contributed by atoms with E-state index in [2.05, 4.69) is 10.1 Å². The molecule has 0 radical (unpaired) electrons. The van der Waals surface area contributed by atoms with Crippen molar-refractivity contribution in [2.45, 2.75) is 6.61 Å². The van der Waals surface area contributed by atoms with Crippen LogP contribution in [0.25, 0.3) is 0 Å². The first kappa shape index (κ1) is 10.8. The fourth-order valence-corrected chi connectivity index (χ4v) is 1.47. The van der Waals surface area contributed by atoms with Gasteiger partial charge in [-0.25, -0.2) is 4.98 Å². The van der Waals surface area contributed by atoms with E-state index in [4.69, 9.17) is 22.1 Å². The van der Waals surface area contributed by atoms with Crippen LogP contribution in [0.2, 0.25) is 5.02 Å². The average molecular weight is 239 g/mol. The first-order chi connectivity index (χ1) is 7.66. The summed E-state index contributed by atoms with van der Waals surface area (Å²) in [4.78, 5) is 4.04. The van der Waals surface area contributed by atoms with E-state index in [9.17, 15) is 0 Å². The van der Waals surface area contributed by atoms with Crippen LogP contribution >= 0.6 is 11.6 Å². The Balaban J connectivity index is 2.08. The quantitative estimate of drug-likeness (QED) is 0.826. The van der Waals surface area contributed by atoms with Crippen LogP contribution in [-0.4, -0.2) is 14.8 Å². The van der Waals surface area contributed by atoms with Crippen molar-refractivity contribution in [3.63, 3.8) is 0 Å². The fourth-order valence-electron chi connectivity index (χ4n) is 1.23. The van der Waals surface area contributed by atoms with Gasteiger partial charge in [0, 0.05) is 12.7 Å². The topological polar surface area (TPSA) is 66.0 Å². The maximum Gasteiger partial charge on any atom is 0.164 e. The number of benzene rings is 1. The minimum absolute atomic E-state index is 0.320. The molecule has 0 unspecified atom stereocenters. The first-order valence-electron chi connectivity index (χ1n) is 4.67. The minimum atomic E-state index is 0.320. The number of ether oxygens (including phenoxy) is 1. The number of aryl methyl sites for hydroxylation is 1. The van der Waals surface area contributed by atoms with Crippen LogP contribution in [0.3, 0.4) is 0 Å². The van der Waals surface area contributed by atoms with E-state index in [0.29, 0.717) is 23.1 Å². The molecule has 0 saturated carbocycles. The fraction of sp³-hybridized carbons (Fsp3) is 0.200. The number of hydrogen-bond acceptors (Lipinski definition) is 4. The van der Waals surface area contributed by atoms with Gasteiger partial charge in [-0.2, -0.15) is 5.10 Å². The molecule has 1 heterocycles. The third kappa shape index (κ3) is 2.25. The lowest BCUT2D eigenvalue weighted by atomic mass is 10.3. The zero-order valence-corrected chi connectivity index (χ0v) is 9.48. The highest BCUT2D eigenvalue weighted by atomic mass is 35.5. The molecule has 2 N–H and O–H groups in total. The highest BCUT2D eigenvalue weighted by Gasteiger charge is 2.05. The van der Waals surface area contributed by atoms with Crippen LogP contribution in [0.1, 0.15) is 5.82 Å². The second-order valence-electron chi connectivity index (χ2n) is 3.28. The Kier molecular flexibility index (Phi) is 2.96. The molecule has 0 fully saturated rings. The van der Waals surface area contributed by atoms with Gasteiger partial charge in [0.15, 0.2) is 5.82 Å². The zero-order chi connectivity index (χ0) is 11.5. The van der Waals surface area contributed by atoms with Crippen molar-refractivity contribution in [1.82, 2.24) is 14.8 Å². The van der Waals surface area contributed by atoms with Crippen molar-refractivity contribution in [3.05, 3.63) is 35.4 Å². The zero-order valence-electron chi connectivity index (χ0n) is 8.72. The smallest absolute Gasteiger partial charge is 0.164 e. The molecule has 2 aromatic rings. The third-order valence-corrected chi connectivity index (χ3v) is 2.41. The Bertz CT molecular complexity index is 497. The van der Waals surface area contributed by atoms with E-state index in [1.807, 2.05) is 0 Å². The van der Waals surface area contributed by atoms with E-state index in [1.54, 1.807) is 29.9 Å². The summed E-state index contributed by atoms with van der Waals surface area (Å²) in [6, 6.07) is 5.11. The highest BCUT2D eigenvalue weighted by molar-refractivity contribution is 6.32. The van der Waals surface area contributed by atoms with Gasteiger partial charge >= 0.3 is 0 Å². The van der Waals surface area contributed by atoms with Gasteiger partial charge in [0.25, 0.3) is 0 Å². The molecule has 0 aliphatic rings. The molecule has 0 saturated heterocycles. The maximum atomic E-state index is 5.96. The second kappa shape index (κ2) is 4.40. The molecule has 2 rings (SSSR count). The van der Waals surface area contributed by atoms with E-state index in [0.717, 1.165) is 5.82 Å². The molecule has 0 aliphatic heterocycles. The highest BCUT2D eigenvalue weighted by Crippen LogP contribution is 2.26. The number of halogens is 1. The number of anilines is 1. The number of hydrogen-bond donors (Lipinski definition) is 1. The van der Waals surface area contributed by atoms with Crippen LogP contribution in [-0.2, 0) is 13.7 Å². The summed E-state index contributed by atoms with van der Waals surface area (Å²) in [5.74, 6) is 1.31. The molecule has 6 heteroatoms. The lowest BCUT2D eigenvalue weighted by Gasteiger charge is -2.07. The van der Waals surface area contributed by atoms with Gasteiger partial charge in [-0.15, -0.1) is 0 Å². The molecule has 0 bridgehead atoms. The predicted octanol–water partition coefficient (Wildman–Crippen LogP) is 1.63. The van der Waals surface area contributed by atoms with Crippen LogP contribution in [0.15, 0.2) is 24.5 Å². The second-order valence-corrected chi connectivity index (χ2v) is 3.69. The molecular weight excluding hydrogens is 228 g/mol. The van der Waals surface area contributed by atoms with Crippen molar-refractivity contribution in [2.75, 3.05) is 5.73 Å². The van der Waals surface area contributed by atoms with Gasteiger partial charge in [-0.3, -0.25) is 4.68 Å². The molecule has 5 nitrogen and oxygen atoms in total. The summed E-state index contributed by atoms with van der Waals surface area (Å²) in [6.45, 7) is 0.320. The summed E-state index contributed by atoms with van der Waals surface area (Å²) >= 11 is 5.96. The predicted molar refractivity (Wildman–Crippen MR) is 61.2 cm³/mol. The van der Waals surface area contributed by atoms with E-state index < -0.39 is 0 Å². The maximum absolute atomic E-state index is 5.96. The molecular formula is C10H11ClN4O. The molecule has 1 aromatic carbocycles. The third-order valence-electron chi connectivity index (χ3n) is 2.12. The average Bonchev–Trinajstić information content (AvgIpc) is 2.63. The summed E-state index contributed by atoms with van der Waals surface area (Å²) < 4.78 is 7.15. The monoisotopic (exact) mass is 238 g/mol. The molecule has 0 aliphatic carbocycles. The van der Waals surface area contributed by atoms with Crippen molar-refractivity contribution >= 4 is 17.3 Å². The Hall–Kier alpha value is -1.75. The van der Waals surface area contributed by atoms with Crippen molar-refractivity contribution < 1.29 is 4.74 Å². The molecule has 16 heavy (non-hydrogen) atoms. The van der Waals surface area contributed by atoms with Crippen LogP contribution in [0.5, 0.6) is 5.75 Å². The minimum Gasteiger partial charge on any atom is -0.484 e. The largest absolute Gasteiger partial charge is 0.484 e. The van der Waals surface area contributed by atoms with Crippen molar-refractivity contribution in [1.29, 1.82) is 0 Å². The Morgan fingerprint density at radius 1 is 1.50 bits per heavy atom. The standard InChI is InChI=1S/C10H11ClN4O/c1-15-10(13-6-14-15)5-16-9-3-2-7(12)4-8(9)11/h2-4,6H,5,12H2,1H3. The van der Waals surface area contributed by atoms with Gasteiger partial charge in [-0.1, -0.05) is 11.6 Å². The lowest BCUT2D eigenvalue weighted by molar-refractivity contribution is 0.290. The SMILES string of the molecule is Cn1ncnc1COc1ccc(N)cc1Cl. The summed E-state index contributed by atoms with van der Waals surface area (Å²) in [6.07, 6.45) is 1.48. The summed E-state index contributed by atoms with van der Waals surface area (Å²) in [5, 5.41) is 4.43. The van der Waals surface area contributed by atoms with Crippen LogP contribution < -0.4 is 10.5 Å². The number of nitrogens with two attached hydrogens (primary N) is 1. The van der Waals surface area contributed by atoms with Gasteiger partial charge in [0.2, 0.25) is 0 Å². The molecule has 0 atom stereocenters. The first-order valence-corrected chi connectivity index (χ1v) is 5.05. The summed E-state index contributed by atoms with van der Waals surface area (Å²) in [5.41, 5.74) is 6.18. The normalized spacial score (nSPS) is 10.4. The van der Waals surface area contributed by atoms with E-state index >= 15 is 0 Å². The van der Waals surface area contributed by atoms with E-state index in [-0.39, 0.29) is 0 Å². The van der Waals surface area contributed by atoms with Gasteiger partial charge in [0.1, 0.15) is 18.7 Å². The number of rotatable bonds is 3. The molecule has 1 aromatic heterocycles. The molecule has 0 amide bonds. The molecule has 0 spiro atoms. The van der Waals surface area contributed by atoms with Crippen molar-refractivity contribution in [3.8, 4) is 5.75 Å². The Morgan fingerprint density at radius 3 is 2.94 bits per heavy atom. The van der Waals surface area contributed by atoms with Gasteiger partial charge in [0.05, 0.1) is 5.02 Å². The Morgan fingerprint density at radius 2 is 2.31 bits per heavy atom. The van der Waals surface area contributed by atoms with Crippen LogP contribution in [0, 0.1) is 0 Å². The number of nitrogen functional groups attached to an aromatic ring is 1. The Labute approximate surface area is 97.8 Å². The van der Waals surface area contributed by atoms with E-state index in [1.165, 1.54) is 6.33 Å². The lowest BCUT2D eigenvalue weighted by Crippen LogP contribution is -2.04. The summed E-state index contributed by atoms with van der Waals surface area (Å²) in [7, 11) is 1.80. The van der Waals surface area contributed by atoms with Crippen molar-refractivity contribution in [2.24, 2.45) is 7.05 Å². The van der Waals surface area contributed by atoms with Gasteiger partial charge < -0.3 is 10.5 Å². The molecule has 84 valence electrons.